The second-order valence-electron chi connectivity index (χ2n) is 3.92. The zero-order valence-electron chi connectivity index (χ0n) is 10.3. The van der Waals surface area contributed by atoms with E-state index in [2.05, 4.69) is 4.72 Å². The van der Waals surface area contributed by atoms with Crippen LogP contribution in [0.5, 0.6) is 0 Å². The second kappa shape index (κ2) is 5.54. The summed E-state index contributed by atoms with van der Waals surface area (Å²) in [5.41, 5.74) is 1.65. The first-order chi connectivity index (χ1) is 9.02. The minimum atomic E-state index is -3.28. The number of ketones is 1. The van der Waals surface area contributed by atoms with Crippen LogP contribution in [0.3, 0.4) is 0 Å². The summed E-state index contributed by atoms with van der Waals surface area (Å²) in [6, 6.07) is 8.18. The van der Waals surface area contributed by atoms with Gasteiger partial charge in [-0.25, -0.2) is 8.42 Å². The lowest BCUT2D eigenvalue weighted by Gasteiger charge is -2.06. The minimum absolute atomic E-state index is 0.0165. The standard InChI is InChI=1S/C13H13NO3S2/c1-2-19(16,17)14-12-5-3-10(4-6-12)13(15)11-7-8-18-9-11/h3-9,14H,2H2,1H3. The molecule has 0 aliphatic heterocycles. The van der Waals surface area contributed by atoms with E-state index in [9.17, 15) is 13.2 Å². The fraction of sp³-hybridized carbons (Fsp3) is 0.154. The van der Waals surface area contributed by atoms with Crippen LogP contribution in [0.1, 0.15) is 22.8 Å². The van der Waals surface area contributed by atoms with Crippen molar-refractivity contribution in [3.63, 3.8) is 0 Å². The summed E-state index contributed by atoms with van der Waals surface area (Å²) in [6.45, 7) is 1.57. The molecule has 0 aliphatic rings. The van der Waals surface area contributed by atoms with E-state index < -0.39 is 10.0 Å². The van der Waals surface area contributed by atoms with Gasteiger partial charge >= 0.3 is 0 Å². The molecule has 6 heteroatoms. The molecular weight excluding hydrogens is 282 g/mol. The molecule has 0 saturated carbocycles. The number of anilines is 1. The van der Waals surface area contributed by atoms with Crippen molar-refractivity contribution in [3.8, 4) is 0 Å². The Morgan fingerprint density at radius 1 is 1.16 bits per heavy atom. The van der Waals surface area contributed by atoms with Crippen LogP contribution in [-0.2, 0) is 10.0 Å². The topological polar surface area (TPSA) is 63.2 Å². The third-order valence-corrected chi connectivity index (χ3v) is 4.57. The van der Waals surface area contributed by atoms with E-state index in [-0.39, 0.29) is 11.5 Å². The van der Waals surface area contributed by atoms with E-state index in [0.717, 1.165) is 0 Å². The van der Waals surface area contributed by atoms with Gasteiger partial charge in [0.2, 0.25) is 10.0 Å². The number of sulfonamides is 1. The molecule has 0 aliphatic carbocycles. The minimum Gasteiger partial charge on any atom is -0.289 e. The Hall–Kier alpha value is -1.66. The maximum absolute atomic E-state index is 12.0. The number of hydrogen-bond acceptors (Lipinski definition) is 4. The van der Waals surface area contributed by atoms with Crippen molar-refractivity contribution in [2.75, 3.05) is 10.5 Å². The predicted molar refractivity (Wildman–Crippen MR) is 77.3 cm³/mol. The second-order valence-corrected chi connectivity index (χ2v) is 6.71. The lowest BCUT2D eigenvalue weighted by molar-refractivity contribution is 0.103. The maximum Gasteiger partial charge on any atom is 0.232 e. The van der Waals surface area contributed by atoms with E-state index >= 15 is 0 Å². The molecule has 1 N–H and O–H groups in total. The molecule has 1 heterocycles. The molecule has 0 unspecified atom stereocenters. The molecule has 2 aromatic rings. The summed E-state index contributed by atoms with van der Waals surface area (Å²) < 4.78 is 25.2. The Balaban J connectivity index is 2.17. The largest absolute Gasteiger partial charge is 0.289 e. The lowest BCUT2D eigenvalue weighted by Crippen LogP contribution is -2.14. The van der Waals surface area contributed by atoms with Crippen LogP contribution in [0, 0.1) is 0 Å². The van der Waals surface area contributed by atoms with Crippen LogP contribution in [-0.4, -0.2) is 20.0 Å². The third-order valence-electron chi connectivity index (χ3n) is 2.58. The number of rotatable bonds is 5. The highest BCUT2D eigenvalue weighted by Gasteiger charge is 2.10. The van der Waals surface area contributed by atoms with Crippen molar-refractivity contribution < 1.29 is 13.2 Å². The van der Waals surface area contributed by atoms with Crippen LogP contribution in [0.15, 0.2) is 41.1 Å². The van der Waals surface area contributed by atoms with Crippen molar-refractivity contribution in [3.05, 3.63) is 52.2 Å². The first-order valence-corrected chi connectivity index (χ1v) is 8.29. The molecule has 1 aromatic carbocycles. The molecule has 2 rings (SSSR count). The Labute approximate surface area is 116 Å². The predicted octanol–water partition coefficient (Wildman–Crippen LogP) is 2.74. The van der Waals surface area contributed by atoms with Gasteiger partial charge in [-0.3, -0.25) is 9.52 Å². The van der Waals surface area contributed by atoms with E-state index in [1.807, 2.05) is 5.38 Å². The van der Waals surface area contributed by atoms with Gasteiger partial charge in [0.05, 0.1) is 5.75 Å². The molecule has 0 bridgehead atoms. The average molecular weight is 295 g/mol. The van der Waals surface area contributed by atoms with Crippen molar-refractivity contribution >= 4 is 32.8 Å². The van der Waals surface area contributed by atoms with Crippen molar-refractivity contribution in [1.29, 1.82) is 0 Å². The van der Waals surface area contributed by atoms with Crippen molar-refractivity contribution in [1.82, 2.24) is 0 Å². The summed E-state index contributed by atoms with van der Waals surface area (Å²) in [4.78, 5) is 12.0. The van der Waals surface area contributed by atoms with Crippen LogP contribution in [0.4, 0.5) is 5.69 Å². The molecule has 100 valence electrons. The van der Waals surface area contributed by atoms with Gasteiger partial charge in [-0.05, 0) is 42.6 Å². The molecule has 4 nitrogen and oxygen atoms in total. The number of benzene rings is 1. The van der Waals surface area contributed by atoms with E-state index in [4.69, 9.17) is 0 Å². The van der Waals surface area contributed by atoms with Gasteiger partial charge in [-0.15, -0.1) is 0 Å². The fourth-order valence-corrected chi connectivity index (χ4v) is 2.78. The highest BCUT2D eigenvalue weighted by atomic mass is 32.2. The molecular formula is C13H13NO3S2. The number of nitrogens with one attached hydrogen (secondary N) is 1. The van der Waals surface area contributed by atoms with Crippen LogP contribution in [0.2, 0.25) is 0 Å². The van der Waals surface area contributed by atoms with Crippen LogP contribution >= 0.6 is 11.3 Å². The van der Waals surface area contributed by atoms with Gasteiger partial charge in [0.25, 0.3) is 0 Å². The first-order valence-electron chi connectivity index (χ1n) is 5.69. The fourth-order valence-electron chi connectivity index (χ4n) is 1.50. The van der Waals surface area contributed by atoms with Gasteiger partial charge < -0.3 is 0 Å². The molecule has 0 spiro atoms. The van der Waals surface area contributed by atoms with Gasteiger partial charge in [0.1, 0.15) is 0 Å². The van der Waals surface area contributed by atoms with Crippen LogP contribution < -0.4 is 4.72 Å². The molecule has 0 radical (unpaired) electrons. The lowest BCUT2D eigenvalue weighted by atomic mass is 10.1. The number of carbonyl (C=O) groups excluding carboxylic acids is 1. The monoisotopic (exact) mass is 295 g/mol. The summed E-state index contributed by atoms with van der Waals surface area (Å²) in [7, 11) is -3.28. The van der Waals surface area contributed by atoms with Crippen molar-refractivity contribution in [2.24, 2.45) is 0 Å². The van der Waals surface area contributed by atoms with Crippen LogP contribution in [0.25, 0.3) is 0 Å². The van der Waals surface area contributed by atoms with E-state index in [0.29, 0.717) is 16.8 Å². The summed E-state index contributed by atoms with van der Waals surface area (Å²) in [5, 5.41) is 3.63. The Morgan fingerprint density at radius 3 is 2.37 bits per heavy atom. The summed E-state index contributed by atoms with van der Waals surface area (Å²) in [5.74, 6) is -0.0473. The average Bonchev–Trinajstić information content (AvgIpc) is 2.92. The van der Waals surface area contributed by atoms with Gasteiger partial charge in [-0.1, -0.05) is 0 Å². The SMILES string of the molecule is CCS(=O)(=O)Nc1ccc(C(=O)c2ccsc2)cc1. The third kappa shape index (κ3) is 3.42. The van der Waals surface area contributed by atoms with Gasteiger partial charge in [-0.2, -0.15) is 11.3 Å². The number of carbonyl (C=O) groups is 1. The maximum atomic E-state index is 12.0. The summed E-state index contributed by atoms with van der Waals surface area (Å²) >= 11 is 1.46. The number of thiophene rings is 1. The molecule has 0 atom stereocenters. The zero-order valence-corrected chi connectivity index (χ0v) is 11.9. The zero-order chi connectivity index (χ0) is 13.9. The van der Waals surface area contributed by atoms with E-state index in [1.54, 1.807) is 42.6 Å². The van der Waals surface area contributed by atoms with E-state index in [1.165, 1.54) is 11.3 Å². The first kappa shape index (κ1) is 13.8. The molecule has 19 heavy (non-hydrogen) atoms. The molecule has 1 aromatic heterocycles. The van der Waals surface area contributed by atoms with Gasteiger partial charge in [0, 0.05) is 22.2 Å². The molecule has 0 saturated heterocycles. The summed E-state index contributed by atoms with van der Waals surface area (Å²) in [6.07, 6.45) is 0. The van der Waals surface area contributed by atoms with Crippen molar-refractivity contribution in [2.45, 2.75) is 6.92 Å². The smallest absolute Gasteiger partial charge is 0.232 e. The number of hydrogen-bond donors (Lipinski definition) is 1. The quantitative estimate of drug-likeness (QED) is 0.863. The highest BCUT2D eigenvalue weighted by molar-refractivity contribution is 7.92. The normalized spacial score (nSPS) is 11.2. The Morgan fingerprint density at radius 2 is 1.84 bits per heavy atom. The molecule has 0 amide bonds. The molecule has 0 fully saturated rings. The van der Waals surface area contributed by atoms with Gasteiger partial charge in [0.15, 0.2) is 5.78 Å². The Bertz CT molecular complexity index is 658. The Kier molecular flexibility index (Phi) is 4.01. The highest BCUT2D eigenvalue weighted by Crippen LogP contribution is 2.16.